The molecule has 2 aromatic carbocycles. The number of nitrogen functional groups attached to an aromatic ring is 1. The van der Waals surface area contributed by atoms with E-state index >= 15 is 0 Å². The molecule has 0 aromatic heterocycles. The molecule has 0 saturated carbocycles. The molecule has 5 nitrogen and oxygen atoms in total. The van der Waals surface area contributed by atoms with Gasteiger partial charge in [0.15, 0.2) is 0 Å². The molecule has 0 aliphatic rings. The highest BCUT2D eigenvalue weighted by Crippen LogP contribution is 2.18. The lowest BCUT2D eigenvalue weighted by Gasteiger charge is -2.09. The van der Waals surface area contributed by atoms with Crippen LogP contribution in [0.1, 0.15) is 5.56 Å². The third-order valence-electron chi connectivity index (χ3n) is 2.64. The summed E-state index contributed by atoms with van der Waals surface area (Å²) in [6.45, 7) is 0.414. The van der Waals surface area contributed by atoms with E-state index in [-0.39, 0.29) is 4.90 Å². The van der Waals surface area contributed by atoms with Gasteiger partial charge in [0.2, 0.25) is 0 Å². The van der Waals surface area contributed by atoms with E-state index in [2.05, 4.69) is 5.32 Å². The molecule has 0 aliphatic heterocycles. The maximum atomic E-state index is 11.0. The minimum absolute atomic E-state index is 0.118. The van der Waals surface area contributed by atoms with Crippen LogP contribution in [0.3, 0.4) is 0 Å². The third kappa shape index (κ3) is 3.46. The minimum atomic E-state index is -4.17. The van der Waals surface area contributed by atoms with Crippen LogP contribution in [0, 0.1) is 0 Å². The van der Waals surface area contributed by atoms with Gasteiger partial charge in [-0.2, -0.15) is 8.42 Å². The predicted octanol–water partition coefficient (Wildman–Crippen LogP) is 2.13. The van der Waals surface area contributed by atoms with Gasteiger partial charge in [-0.15, -0.1) is 0 Å². The van der Waals surface area contributed by atoms with Gasteiger partial charge < -0.3 is 11.1 Å². The summed E-state index contributed by atoms with van der Waals surface area (Å²) in [5.74, 6) is 0. The molecule has 0 fully saturated rings. The monoisotopic (exact) mass is 278 g/mol. The number of para-hydroxylation sites is 2. The molecular formula is C13H14N2O3S. The topological polar surface area (TPSA) is 92.4 Å². The van der Waals surface area contributed by atoms with Crippen LogP contribution in [-0.2, 0) is 16.7 Å². The zero-order chi connectivity index (χ0) is 13.9. The number of hydrogen-bond donors (Lipinski definition) is 3. The molecule has 0 spiro atoms. The number of benzene rings is 2. The second-order valence-corrected chi connectivity index (χ2v) is 5.48. The van der Waals surface area contributed by atoms with Gasteiger partial charge in [0.25, 0.3) is 10.1 Å². The summed E-state index contributed by atoms with van der Waals surface area (Å²) in [5, 5.41) is 3.11. The van der Waals surface area contributed by atoms with Crippen LogP contribution >= 0.6 is 0 Å². The van der Waals surface area contributed by atoms with E-state index in [0.717, 1.165) is 11.3 Å². The van der Waals surface area contributed by atoms with Crippen molar-refractivity contribution >= 4 is 21.5 Å². The van der Waals surface area contributed by atoms with Crippen LogP contribution in [-0.4, -0.2) is 13.0 Å². The van der Waals surface area contributed by atoms with Gasteiger partial charge in [-0.25, -0.2) is 0 Å². The SMILES string of the molecule is Nc1ccccc1NCc1cccc(S(=O)(=O)O)c1. The van der Waals surface area contributed by atoms with Gasteiger partial charge in [0.05, 0.1) is 16.3 Å². The molecular weight excluding hydrogens is 264 g/mol. The van der Waals surface area contributed by atoms with E-state index in [1.807, 2.05) is 18.2 Å². The zero-order valence-corrected chi connectivity index (χ0v) is 10.9. The average molecular weight is 278 g/mol. The van der Waals surface area contributed by atoms with Crippen LogP contribution in [0.4, 0.5) is 11.4 Å². The van der Waals surface area contributed by atoms with Gasteiger partial charge in [-0.3, -0.25) is 4.55 Å². The fraction of sp³-hybridized carbons (Fsp3) is 0.0769. The van der Waals surface area contributed by atoms with Gasteiger partial charge in [-0.05, 0) is 29.8 Å². The Balaban J connectivity index is 2.15. The third-order valence-corrected chi connectivity index (χ3v) is 3.49. The first-order chi connectivity index (χ1) is 8.97. The maximum Gasteiger partial charge on any atom is 0.294 e. The van der Waals surface area contributed by atoms with Gasteiger partial charge >= 0.3 is 0 Å². The molecule has 0 saturated heterocycles. The lowest BCUT2D eigenvalue weighted by molar-refractivity contribution is 0.483. The summed E-state index contributed by atoms with van der Waals surface area (Å²) in [6, 6.07) is 13.4. The molecule has 19 heavy (non-hydrogen) atoms. The summed E-state index contributed by atoms with van der Waals surface area (Å²) >= 11 is 0. The van der Waals surface area contributed by atoms with Crippen LogP contribution in [0.15, 0.2) is 53.4 Å². The first-order valence-corrected chi connectivity index (χ1v) is 7.05. The van der Waals surface area contributed by atoms with Crippen LogP contribution in [0.5, 0.6) is 0 Å². The van der Waals surface area contributed by atoms with Crippen molar-refractivity contribution in [1.82, 2.24) is 0 Å². The van der Waals surface area contributed by atoms with Gasteiger partial charge in [-0.1, -0.05) is 24.3 Å². The van der Waals surface area contributed by atoms with Crippen molar-refractivity contribution in [2.75, 3.05) is 11.1 Å². The molecule has 0 heterocycles. The lowest BCUT2D eigenvalue weighted by Crippen LogP contribution is -2.04. The standard InChI is InChI=1S/C13H14N2O3S/c14-12-6-1-2-7-13(12)15-9-10-4-3-5-11(8-10)19(16,17)18/h1-8,15H,9,14H2,(H,16,17,18). The smallest absolute Gasteiger partial charge is 0.294 e. The Morgan fingerprint density at radius 1 is 1.11 bits per heavy atom. The zero-order valence-electron chi connectivity index (χ0n) is 10.1. The van der Waals surface area contributed by atoms with Crippen molar-refractivity contribution in [2.45, 2.75) is 11.4 Å². The Morgan fingerprint density at radius 3 is 2.53 bits per heavy atom. The number of nitrogens with two attached hydrogens (primary N) is 1. The summed E-state index contributed by atoms with van der Waals surface area (Å²) in [4.78, 5) is -0.118. The molecule has 6 heteroatoms. The summed E-state index contributed by atoms with van der Waals surface area (Å²) in [5.41, 5.74) is 7.92. The van der Waals surface area contributed by atoms with E-state index in [1.54, 1.807) is 18.2 Å². The highest BCUT2D eigenvalue weighted by Gasteiger charge is 2.09. The van der Waals surface area contributed by atoms with E-state index < -0.39 is 10.1 Å². The molecule has 0 atom stereocenters. The van der Waals surface area contributed by atoms with Crippen molar-refractivity contribution in [3.05, 3.63) is 54.1 Å². The van der Waals surface area contributed by atoms with E-state index in [9.17, 15) is 8.42 Å². The molecule has 0 amide bonds. The quantitative estimate of drug-likeness (QED) is 0.588. The molecule has 0 unspecified atom stereocenters. The van der Waals surface area contributed by atoms with Crippen LogP contribution < -0.4 is 11.1 Å². The molecule has 0 radical (unpaired) electrons. The molecule has 4 N–H and O–H groups in total. The highest BCUT2D eigenvalue weighted by molar-refractivity contribution is 7.85. The summed E-state index contributed by atoms with van der Waals surface area (Å²) in [7, 11) is -4.17. The van der Waals surface area contributed by atoms with Crippen molar-refractivity contribution in [3.8, 4) is 0 Å². The Labute approximate surface area is 111 Å². The molecule has 100 valence electrons. The Hall–Kier alpha value is -2.05. The van der Waals surface area contributed by atoms with Gasteiger partial charge in [0, 0.05) is 6.54 Å². The Morgan fingerprint density at radius 2 is 1.84 bits per heavy atom. The molecule has 2 aromatic rings. The Kier molecular flexibility index (Phi) is 3.73. The maximum absolute atomic E-state index is 11.0. The van der Waals surface area contributed by atoms with Crippen molar-refractivity contribution in [2.24, 2.45) is 0 Å². The highest BCUT2D eigenvalue weighted by atomic mass is 32.2. The molecule has 2 rings (SSSR count). The number of anilines is 2. The van der Waals surface area contributed by atoms with Crippen molar-refractivity contribution in [3.63, 3.8) is 0 Å². The van der Waals surface area contributed by atoms with Crippen LogP contribution in [0.25, 0.3) is 0 Å². The second-order valence-electron chi connectivity index (χ2n) is 4.06. The fourth-order valence-corrected chi connectivity index (χ4v) is 2.22. The largest absolute Gasteiger partial charge is 0.397 e. The first-order valence-electron chi connectivity index (χ1n) is 5.61. The van der Waals surface area contributed by atoms with Crippen molar-refractivity contribution in [1.29, 1.82) is 0 Å². The average Bonchev–Trinajstić information content (AvgIpc) is 2.37. The fourth-order valence-electron chi connectivity index (χ4n) is 1.67. The number of hydrogen-bond acceptors (Lipinski definition) is 4. The van der Waals surface area contributed by atoms with E-state index in [4.69, 9.17) is 10.3 Å². The van der Waals surface area contributed by atoms with E-state index in [1.165, 1.54) is 12.1 Å². The van der Waals surface area contributed by atoms with Crippen molar-refractivity contribution < 1.29 is 13.0 Å². The van der Waals surface area contributed by atoms with Crippen LogP contribution in [0.2, 0.25) is 0 Å². The summed E-state index contributed by atoms with van der Waals surface area (Å²) in [6.07, 6.45) is 0. The second kappa shape index (κ2) is 5.29. The predicted molar refractivity (Wildman–Crippen MR) is 74.4 cm³/mol. The van der Waals surface area contributed by atoms with E-state index in [0.29, 0.717) is 12.2 Å². The van der Waals surface area contributed by atoms with Gasteiger partial charge in [0.1, 0.15) is 0 Å². The first kappa shape index (κ1) is 13.4. The number of nitrogens with one attached hydrogen (secondary N) is 1. The summed E-state index contributed by atoms with van der Waals surface area (Å²) < 4.78 is 31.0. The lowest BCUT2D eigenvalue weighted by atomic mass is 10.2. The molecule has 0 aliphatic carbocycles. The number of rotatable bonds is 4. The molecule has 0 bridgehead atoms. The minimum Gasteiger partial charge on any atom is -0.397 e. The normalized spacial score (nSPS) is 11.2. The Bertz CT molecular complexity index is 684.